The van der Waals surface area contributed by atoms with Crippen LogP contribution in [0.4, 0.5) is 0 Å². The first-order chi connectivity index (χ1) is 12.1. The van der Waals surface area contributed by atoms with Gasteiger partial charge in [-0.15, -0.1) is 11.3 Å². The van der Waals surface area contributed by atoms with Gasteiger partial charge >= 0.3 is 0 Å². The maximum atomic E-state index is 12.6. The molecule has 0 spiro atoms. The van der Waals surface area contributed by atoms with E-state index in [0.29, 0.717) is 11.4 Å². The van der Waals surface area contributed by atoms with Crippen molar-refractivity contribution >= 4 is 23.2 Å². The Morgan fingerprint density at radius 1 is 1.40 bits per heavy atom. The number of thiophene rings is 1. The van der Waals surface area contributed by atoms with E-state index in [1.807, 2.05) is 17.5 Å². The van der Waals surface area contributed by atoms with E-state index in [1.54, 1.807) is 4.90 Å². The molecule has 0 unspecified atom stereocenters. The van der Waals surface area contributed by atoms with Gasteiger partial charge in [0.25, 0.3) is 5.91 Å². The lowest BCUT2D eigenvalue weighted by Crippen LogP contribution is -2.48. The van der Waals surface area contributed by atoms with Crippen LogP contribution in [0.5, 0.6) is 0 Å². The van der Waals surface area contributed by atoms with Gasteiger partial charge in [0.15, 0.2) is 0 Å². The molecule has 0 bridgehead atoms. The highest BCUT2D eigenvalue weighted by molar-refractivity contribution is 7.12. The molecule has 6 heteroatoms. The molecule has 0 saturated carbocycles. The lowest BCUT2D eigenvalue weighted by molar-refractivity contribution is -0.125. The molecular formula is C19H31N3O2S. The minimum atomic E-state index is -0.320. The minimum Gasteiger partial charge on any atom is -0.352 e. The second kappa shape index (κ2) is 9.92. The van der Waals surface area contributed by atoms with Crippen LogP contribution in [0, 0.1) is 0 Å². The molecule has 1 N–H and O–H groups in total. The molecule has 2 heterocycles. The summed E-state index contributed by atoms with van der Waals surface area (Å²) in [5.41, 5.74) is 0. The number of carbonyl (C=O) groups excluding carboxylic acids is 2. The summed E-state index contributed by atoms with van der Waals surface area (Å²) in [6.07, 6.45) is 3.69. The molecule has 5 nitrogen and oxygen atoms in total. The third-order valence-corrected chi connectivity index (χ3v) is 5.80. The molecule has 1 saturated heterocycles. The van der Waals surface area contributed by atoms with Gasteiger partial charge in [0, 0.05) is 12.6 Å². The van der Waals surface area contributed by atoms with E-state index >= 15 is 0 Å². The van der Waals surface area contributed by atoms with Crippen molar-refractivity contribution in [2.75, 3.05) is 26.2 Å². The van der Waals surface area contributed by atoms with Gasteiger partial charge in [0.2, 0.25) is 5.91 Å². The SMILES string of the molecule is CCN(CC)CCC[C@@H](C)NC(=O)[C@@H]1CCCN1C(=O)c1cccs1. The smallest absolute Gasteiger partial charge is 0.264 e. The Morgan fingerprint density at radius 3 is 2.80 bits per heavy atom. The molecule has 1 aromatic rings. The molecule has 25 heavy (non-hydrogen) atoms. The number of hydrogen-bond donors (Lipinski definition) is 1. The fourth-order valence-electron chi connectivity index (χ4n) is 3.40. The third-order valence-electron chi connectivity index (χ3n) is 4.94. The van der Waals surface area contributed by atoms with E-state index in [-0.39, 0.29) is 23.9 Å². The van der Waals surface area contributed by atoms with Gasteiger partial charge in [-0.25, -0.2) is 0 Å². The highest BCUT2D eigenvalue weighted by Gasteiger charge is 2.35. The van der Waals surface area contributed by atoms with Gasteiger partial charge in [0.1, 0.15) is 6.04 Å². The van der Waals surface area contributed by atoms with Crippen molar-refractivity contribution in [2.45, 2.75) is 58.5 Å². The first-order valence-corrected chi connectivity index (χ1v) is 10.3. The van der Waals surface area contributed by atoms with Gasteiger partial charge in [-0.2, -0.15) is 0 Å². The molecule has 0 aliphatic carbocycles. The standard InChI is InChI=1S/C19H31N3O2S/c1-4-21(5-2)12-6-9-15(3)20-18(23)16-10-7-13-22(16)19(24)17-11-8-14-25-17/h8,11,14-16H,4-7,9-10,12-13H2,1-3H3,(H,20,23)/t15-,16+/m1/s1. The maximum absolute atomic E-state index is 12.6. The summed E-state index contributed by atoms with van der Waals surface area (Å²) in [4.78, 5) is 30.1. The monoisotopic (exact) mass is 365 g/mol. The Labute approximate surface area is 155 Å². The summed E-state index contributed by atoms with van der Waals surface area (Å²) >= 11 is 1.44. The fourth-order valence-corrected chi connectivity index (χ4v) is 4.08. The third kappa shape index (κ3) is 5.54. The Balaban J connectivity index is 1.81. The second-order valence-corrected chi connectivity index (χ2v) is 7.66. The van der Waals surface area contributed by atoms with Crippen LogP contribution in [0.25, 0.3) is 0 Å². The Bertz CT molecular complexity index is 543. The fraction of sp³-hybridized carbons (Fsp3) is 0.684. The average molecular weight is 366 g/mol. The largest absolute Gasteiger partial charge is 0.352 e. The van der Waals surface area contributed by atoms with Gasteiger partial charge in [0.05, 0.1) is 4.88 Å². The number of likely N-dealkylation sites (tertiary alicyclic amines) is 1. The van der Waals surface area contributed by atoms with E-state index in [2.05, 4.69) is 31.0 Å². The van der Waals surface area contributed by atoms with E-state index in [0.717, 1.165) is 45.3 Å². The molecule has 1 aliphatic rings. The summed E-state index contributed by atoms with van der Waals surface area (Å²) in [6, 6.07) is 3.53. The quantitative estimate of drug-likeness (QED) is 0.732. The lowest BCUT2D eigenvalue weighted by Gasteiger charge is -2.25. The molecular weight excluding hydrogens is 334 g/mol. The van der Waals surface area contributed by atoms with Crippen molar-refractivity contribution in [3.63, 3.8) is 0 Å². The predicted molar refractivity (Wildman–Crippen MR) is 103 cm³/mol. The number of carbonyl (C=O) groups is 2. The van der Waals surface area contributed by atoms with E-state index in [4.69, 9.17) is 0 Å². The molecule has 1 fully saturated rings. The zero-order chi connectivity index (χ0) is 18.2. The van der Waals surface area contributed by atoms with Crippen molar-refractivity contribution in [3.05, 3.63) is 22.4 Å². The van der Waals surface area contributed by atoms with Crippen molar-refractivity contribution < 1.29 is 9.59 Å². The number of amides is 2. The van der Waals surface area contributed by atoms with Crippen molar-refractivity contribution in [1.82, 2.24) is 15.1 Å². The first kappa shape index (κ1) is 19.9. The minimum absolute atomic E-state index is 0.00209. The van der Waals surface area contributed by atoms with E-state index in [1.165, 1.54) is 11.3 Å². The summed E-state index contributed by atoms with van der Waals surface area (Å²) in [7, 11) is 0. The predicted octanol–water partition coefficient (Wildman–Crippen LogP) is 2.98. The average Bonchev–Trinajstić information content (AvgIpc) is 3.29. The van der Waals surface area contributed by atoms with Gasteiger partial charge in [-0.05, 0) is 63.7 Å². The van der Waals surface area contributed by atoms with Gasteiger partial charge in [-0.1, -0.05) is 19.9 Å². The Kier molecular flexibility index (Phi) is 7.90. The second-order valence-electron chi connectivity index (χ2n) is 6.71. The van der Waals surface area contributed by atoms with E-state index < -0.39 is 0 Å². The van der Waals surface area contributed by atoms with Crippen LogP contribution in [0.3, 0.4) is 0 Å². The lowest BCUT2D eigenvalue weighted by atomic mass is 10.1. The van der Waals surface area contributed by atoms with Crippen LogP contribution in [-0.2, 0) is 4.79 Å². The summed E-state index contributed by atoms with van der Waals surface area (Å²) in [5, 5.41) is 5.01. The van der Waals surface area contributed by atoms with Crippen LogP contribution in [0.15, 0.2) is 17.5 Å². The van der Waals surface area contributed by atoms with Crippen LogP contribution in [0.2, 0.25) is 0 Å². The zero-order valence-corrected chi connectivity index (χ0v) is 16.5. The van der Waals surface area contributed by atoms with Gasteiger partial charge < -0.3 is 15.1 Å². The normalized spacial score (nSPS) is 18.6. The number of nitrogens with zero attached hydrogens (tertiary/aromatic N) is 2. The van der Waals surface area contributed by atoms with Crippen molar-refractivity contribution in [1.29, 1.82) is 0 Å². The van der Waals surface area contributed by atoms with Crippen molar-refractivity contribution in [2.24, 2.45) is 0 Å². The van der Waals surface area contributed by atoms with Crippen LogP contribution in [-0.4, -0.2) is 59.9 Å². The highest BCUT2D eigenvalue weighted by atomic mass is 32.1. The molecule has 1 aromatic heterocycles. The zero-order valence-electron chi connectivity index (χ0n) is 15.7. The molecule has 2 amide bonds. The number of nitrogens with one attached hydrogen (secondary N) is 1. The molecule has 140 valence electrons. The Morgan fingerprint density at radius 2 is 2.16 bits per heavy atom. The van der Waals surface area contributed by atoms with Crippen LogP contribution < -0.4 is 5.32 Å². The first-order valence-electron chi connectivity index (χ1n) is 9.44. The molecule has 1 aliphatic heterocycles. The van der Waals surface area contributed by atoms with E-state index in [9.17, 15) is 9.59 Å². The van der Waals surface area contributed by atoms with Crippen molar-refractivity contribution in [3.8, 4) is 0 Å². The number of hydrogen-bond acceptors (Lipinski definition) is 4. The van der Waals surface area contributed by atoms with Gasteiger partial charge in [-0.3, -0.25) is 9.59 Å². The topological polar surface area (TPSA) is 52.7 Å². The summed E-state index contributed by atoms with van der Waals surface area (Å²) in [6.45, 7) is 10.3. The highest BCUT2D eigenvalue weighted by Crippen LogP contribution is 2.22. The maximum Gasteiger partial charge on any atom is 0.264 e. The summed E-state index contributed by atoms with van der Waals surface area (Å²) < 4.78 is 0. The summed E-state index contributed by atoms with van der Waals surface area (Å²) in [5.74, 6) is -0.0143. The van der Waals surface area contributed by atoms with Crippen LogP contribution in [0.1, 0.15) is 56.1 Å². The molecule has 0 radical (unpaired) electrons. The molecule has 2 rings (SSSR count). The van der Waals surface area contributed by atoms with Crippen LogP contribution >= 0.6 is 11.3 Å². The Hall–Kier alpha value is -1.40. The molecule has 0 aromatic carbocycles. The number of rotatable bonds is 9. The molecule has 2 atom stereocenters.